The van der Waals surface area contributed by atoms with Crippen molar-refractivity contribution in [2.24, 2.45) is 51.2 Å². The van der Waals surface area contributed by atoms with Crippen LogP contribution in [0.25, 0.3) is 0 Å². The van der Waals surface area contributed by atoms with Crippen LogP contribution in [0, 0.1) is 51.2 Å². The molecule has 0 aromatic heterocycles. The van der Waals surface area contributed by atoms with E-state index in [9.17, 15) is 18.0 Å². The number of ketones is 2. The van der Waals surface area contributed by atoms with Gasteiger partial charge in [0.2, 0.25) is 0 Å². The molecule has 0 bridgehead atoms. The van der Waals surface area contributed by atoms with Crippen LogP contribution < -0.4 is 5.32 Å². The van der Waals surface area contributed by atoms with Gasteiger partial charge in [0.15, 0.2) is 15.6 Å². The highest BCUT2D eigenvalue weighted by atomic mass is 32.2. The molecule has 1 unspecified atom stereocenters. The number of carbonyl (C=O) groups excluding carboxylic acids is 2. The lowest BCUT2D eigenvalue weighted by Gasteiger charge is -2.71. The molecule has 1 heterocycles. The summed E-state index contributed by atoms with van der Waals surface area (Å²) in [5, 5.41) is 3.97. The van der Waals surface area contributed by atoms with Crippen LogP contribution in [0.2, 0.25) is 0 Å². The molecule has 6 nitrogen and oxygen atoms in total. The SMILES string of the molecule is CC(C)C1=C2C(CC1=O)[C@@H](NCCN1CCS(=O)(=O)CC1)C[C@]1(C)[C@@H]2CC[C@@H]2[C@@]3(C)CCC(=O)C(C)(C)[C@@H]3CC[C@]21C. The molecule has 5 aliphatic carbocycles. The molecule has 236 valence electrons. The molecule has 42 heavy (non-hydrogen) atoms. The minimum absolute atomic E-state index is 0.0863. The van der Waals surface area contributed by atoms with E-state index < -0.39 is 9.84 Å². The zero-order valence-electron chi connectivity index (χ0n) is 27.4. The Morgan fingerprint density at radius 3 is 2.29 bits per heavy atom. The first-order valence-electron chi connectivity index (χ1n) is 17.0. The number of nitrogens with one attached hydrogen (secondary N) is 1. The van der Waals surface area contributed by atoms with Crippen molar-refractivity contribution in [2.45, 2.75) is 106 Å². The minimum Gasteiger partial charge on any atom is -0.312 e. The van der Waals surface area contributed by atoms with Gasteiger partial charge in [0.25, 0.3) is 0 Å². The number of rotatable bonds is 5. The van der Waals surface area contributed by atoms with Gasteiger partial charge in [-0.25, -0.2) is 8.42 Å². The number of sulfone groups is 1. The number of carbonyl (C=O) groups is 2. The number of nitrogens with zero attached hydrogens (tertiary/aromatic N) is 1. The zero-order chi connectivity index (χ0) is 30.5. The molecule has 0 radical (unpaired) electrons. The van der Waals surface area contributed by atoms with Crippen molar-refractivity contribution in [3.63, 3.8) is 0 Å². The van der Waals surface area contributed by atoms with Crippen molar-refractivity contribution < 1.29 is 18.0 Å². The lowest BCUT2D eigenvalue weighted by molar-refractivity contribution is -0.210. The summed E-state index contributed by atoms with van der Waals surface area (Å²) >= 11 is 0. The maximum atomic E-state index is 13.6. The van der Waals surface area contributed by atoms with E-state index in [1.807, 2.05) is 0 Å². The molecule has 0 aromatic rings. The fourth-order valence-electron chi connectivity index (χ4n) is 12.0. The van der Waals surface area contributed by atoms with Gasteiger partial charge in [0, 0.05) is 56.4 Å². The Bertz CT molecular complexity index is 1270. The summed E-state index contributed by atoms with van der Waals surface area (Å²) in [5.41, 5.74) is 2.81. The van der Waals surface area contributed by atoms with Crippen LogP contribution >= 0.6 is 0 Å². The summed E-state index contributed by atoms with van der Waals surface area (Å²) in [4.78, 5) is 29.0. The average molecular weight is 601 g/mol. The predicted octanol–water partition coefficient (Wildman–Crippen LogP) is 5.46. The lowest BCUT2D eigenvalue weighted by atomic mass is 9.33. The highest BCUT2D eigenvalue weighted by Crippen LogP contribution is 2.75. The van der Waals surface area contributed by atoms with Gasteiger partial charge in [-0.1, -0.05) is 54.0 Å². The van der Waals surface area contributed by atoms with Crippen molar-refractivity contribution in [2.75, 3.05) is 37.7 Å². The second-order valence-electron chi connectivity index (χ2n) is 16.8. The van der Waals surface area contributed by atoms with Gasteiger partial charge < -0.3 is 10.2 Å². The summed E-state index contributed by atoms with van der Waals surface area (Å²) in [5.74, 6) is 3.38. The van der Waals surface area contributed by atoms with Crippen LogP contribution in [-0.4, -0.2) is 68.6 Å². The fourth-order valence-corrected chi connectivity index (χ4v) is 13.3. The Balaban J connectivity index is 1.32. The normalized spacial score (nSPS) is 44.9. The molecular weight excluding hydrogens is 544 g/mol. The molecule has 8 atom stereocenters. The standard InChI is InChI=1S/C35H56N2O4S/c1-22(2)30-26(38)20-23-25(36-14-15-37-16-18-42(40,41)19-17-37)21-35(7)24(31(23)30)8-9-28-33(5)12-11-29(39)32(3,4)27(33)10-13-34(28,35)6/h22-25,27-28,36H,8-21H2,1-7H3/t23?,24-,25+,27+,28-,33+,34-,35-/m1/s1. The fraction of sp³-hybridized carbons (Fsp3) is 0.886. The maximum Gasteiger partial charge on any atom is 0.159 e. The summed E-state index contributed by atoms with van der Waals surface area (Å²) in [7, 11) is -2.88. The number of hydrogen-bond donors (Lipinski definition) is 1. The van der Waals surface area contributed by atoms with Gasteiger partial charge in [-0.05, 0) is 84.0 Å². The second-order valence-corrected chi connectivity index (χ2v) is 19.1. The molecular formula is C35H56N2O4S. The molecule has 0 spiro atoms. The molecule has 5 fully saturated rings. The number of allylic oxidation sites excluding steroid dienone is 1. The summed E-state index contributed by atoms with van der Waals surface area (Å²) in [6.45, 7) is 19.5. The largest absolute Gasteiger partial charge is 0.312 e. The van der Waals surface area contributed by atoms with E-state index in [2.05, 4.69) is 58.7 Å². The van der Waals surface area contributed by atoms with E-state index in [1.54, 1.807) is 0 Å². The van der Waals surface area contributed by atoms with Crippen LogP contribution in [0.3, 0.4) is 0 Å². The Morgan fingerprint density at radius 1 is 0.929 bits per heavy atom. The van der Waals surface area contributed by atoms with Crippen molar-refractivity contribution in [3.05, 3.63) is 11.1 Å². The first-order valence-corrected chi connectivity index (χ1v) is 18.8. The van der Waals surface area contributed by atoms with Crippen LogP contribution in [0.15, 0.2) is 11.1 Å². The van der Waals surface area contributed by atoms with E-state index in [4.69, 9.17) is 0 Å². The Labute approximate surface area is 255 Å². The van der Waals surface area contributed by atoms with Gasteiger partial charge in [-0.2, -0.15) is 0 Å². The predicted molar refractivity (Wildman–Crippen MR) is 168 cm³/mol. The molecule has 0 amide bonds. The monoisotopic (exact) mass is 600 g/mol. The minimum atomic E-state index is -2.88. The molecule has 6 rings (SSSR count). The lowest BCUT2D eigenvalue weighted by Crippen LogP contribution is -2.66. The smallest absolute Gasteiger partial charge is 0.159 e. The summed E-state index contributed by atoms with van der Waals surface area (Å²) in [6, 6.07) is 0.264. The average Bonchev–Trinajstić information content (AvgIpc) is 3.25. The van der Waals surface area contributed by atoms with Gasteiger partial charge >= 0.3 is 0 Å². The zero-order valence-corrected chi connectivity index (χ0v) is 28.2. The summed E-state index contributed by atoms with van der Waals surface area (Å²) < 4.78 is 23.9. The van der Waals surface area contributed by atoms with Crippen molar-refractivity contribution in [1.29, 1.82) is 0 Å². The van der Waals surface area contributed by atoms with E-state index in [1.165, 1.54) is 18.4 Å². The Kier molecular flexibility index (Phi) is 7.54. The third kappa shape index (κ3) is 4.48. The topological polar surface area (TPSA) is 83.6 Å². The Hall–Kier alpha value is -1.05. The van der Waals surface area contributed by atoms with Gasteiger partial charge in [-0.3, -0.25) is 9.59 Å². The third-order valence-electron chi connectivity index (χ3n) is 14.4. The van der Waals surface area contributed by atoms with Gasteiger partial charge in [-0.15, -0.1) is 0 Å². The van der Waals surface area contributed by atoms with Crippen LogP contribution in [0.4, 0.5) is 0 Å². The van der Waals surface area contributed by atoms with Crippen molar-refractivity contribution >= 4 is 21.4 Å². The first kappa shape index (κ1) is 31.0. The van der Waals surface area contributed by atoms with Crippen LogP contribution in [0.1, 0.15) is 99.8 Å². The Morgan fingerprint density at radius 2 is 1.62 bits per heavy atom. The molecule has 7 heteroatoms. The highest BCUT2D eigenvalue weighted by Gasteiger charge is 2.69. The quantitative estimate of drug-likeness (QED) is 0.451. The molecule has 1 N–H and O–H groups in total. The van der Waals surface area contributed by atoms with Crippen LogP contribution in [0.5, 0.6) is 0 Å². The van der Waals surface area contributed by atoms with Crippen molar-refractivity contribution in [1.82, 2.24) is 10.2 Å². The summed E-state index contributed by atoms with van der Waals surface area (Å²) in [6.07, 6.45) is 8.14. The van der Waals surface area contributed by atoms with Crippen molar-refractivity contribution in [3.8, 4) is 0 Å². The van der Waals surface area contributed by atoms with E-state index in [0.29, 0.717) is 55.3 Å². The third-order valence-corrected chi connectivity index (χ3v) is 16.0. The second kappa shape index (κ2) is 10.2. The van der Waals surface area contributed by atoms with E-state index in [-0.39, 0.29) is 51.0 Å². The number of fused-ring (bicyclic) bond motifs is 7. The molecule has 1 saturated heterocycles. The van der Waals surface area contributed by atoms with Gasteiger partial charge in [0.1, 0.15) is 5.78 Å². The molecule has 6 aliphatic rings. The first-order chi connectivity index (χ1) is 19.5. The number of Topliss-reactive ketones (excluding diaryl/α,β-unsaturated/α-hetero) is 2. The molecule has 0 aromatic carbocycles. The highest BCUT2D eigenvalue weighted by molar-refractivity contribution is 7.91. The van der Waals surface area contributed by atoms with E-state index in [0.717, 1.165) is 44.3 Å². The molecule has 1 aliphatic heterocycles. The maximum absolute atomic E-state index is 13.6. The van der Waals surface area contributed by atoms with E-state index >= 15 is 0 Å². The number of hydrogen-bond acceptors (Lipinski definition) is 6. The van der Waals surface area contributed by atoms with Gasteiger partial charge in [0.05, 0.1) is 11.5 Å². The molecule has 4 saturated carbocycles. The van der Waals surface area contributed by atoms with Crippen LogP contribution in [-0.2, 0) is 19.4 Å².